The van der Waals surface area contributed by atoms with Gasteiger partial charge in [-0.05, 0) is 64.6 Å². The van der Waals surface area contributed by atoms with E-state index >= 15 is 0 Å². The van der Waals surface area contributed by atoms with Crippen molar-refractivity contribution in [2.45, 2.75) is 64.3 Å². The van der Waals surface area contributed by atoms with E-state index in [4.69, 9.17) is 4.74 Å². The maximum absolute atomic E-state index is 11.8. The number of nitrogens with zero attached hydrogens (tertiary/aromatic N) is 1. The number of piperidine rings is 1. The Morgan fingerprint density at radius 1 is 1.19 bits per heavy atom. The molecule has 1 N–H and O–H groups in total. The summed E-state index contributed by atoms with van der Waals surface area (Å²) in [5.41, 5.74) is 0.665. The summed E-state index contributed by atoms with van der Waals surface area (Å²) in [6.07, 6.45) is 10.8. The van der Waals surface area contributed by atoms with Gasteiger partial charge in [0.2, 0.25) is 0 Å². The Balaban J connectivity index is 1.71. The van der Waals surface area contributed by atoms with E-state index in [0.29, 0.717) is 12.0 Å². The van der Waals surface area contributed by atoms with Gasteiger partial charge in [-0.2, -0.15) is 0 Å². The molecule has 1 saturated carbocycles. The number of rotatable bonds is 6. The molecule has 0 aromatic heterocycles. The smallest absolute Gasteiger partial charge is 0.323 e. The molecule has 0 aromatic rings. The van der Waals surface area contributed by atoms with Gasteiger partial charge < -0.3 is 15.0 Å². The van der Waals surface area contributed by atoms with Gasteiger partial charge in [0.15, 0.2) is 0 Å². The third-order valence-electron chi connectivity index (χ3n) is 5.48. The third kappa shape index (κ3) is 4.68. The summed E-state index contributed by atoms with van der Waals surface area (Å²) in [5, 5.41) is 3.08. The lowest BCUT2D eigenvalue weighted by atomic mass is 9.68. The number of nitrogens with one attached hydrogen (secondary N) is 1. The second-order valence-electron chi connectivity index (χ2n) is 6.78. The molecule has 1 aliphatic carbocycles. The van der Waals surface area contributed by atoms with Crippen LogP contribution in [0.3, 0.4) is 0 Å². The Bertz CT molecular complexity index is 317. The minimum atomic E-state index is -0.157. The number of ether oxygens (including phenoxy) is 1. The zero-order chi connectivity index (χ0) is 15.1. The molecule has 2 fully saturated rings. The first-order chi connectivity index (χ1) is 10.2. The molecule has 122 valence electrons. The number of carbonyl (C=O) groups is 1. The topological polar surface area (TPSA) is 41.6 Å². The number of hydrogen-bond donors (Lipinski definition) is 1. The lowest BCUT2D eigenvalue weighted by Crippen LogP contribution is -2.44. The van der Waals surface area contributed by atoms with Crippen LogP contribution in [0.15, 0.2) is 0 Å². The van der Waals surface area contributed by atoms with E-state index in [1.165, 1.54) is 58.0 Å². The van der Waals surface area contributed by atoms with E-state index in [2.05, 4.69) is 10.2 Å². The summed E-state index contributed by atoms with van der Waals surface area (Å²) >= 11 is 0. The average molecular weight is 296 g/mol. The first kappa shape index (κ1) is 16.8. The van der Waals surface area contributed by atoms with E-state index in [1.807, 2.05) is 14.0 Å². The van der Waals surface area contributed by atoms with Crippen molar-refractivity contribution in [3.8, 4) is 0 Å². The highest BCUT2D eigenvalue weighted by Gasteiger charge is 2.35. The van der Waals surface area contributed by atoms with E-state index in [-0.39, 0.29) is 12.0 Å². The number of likely N-dealkylation sites (tertiary alicyclic amines) is 1. The van der Waals surface area contributed by atoms with Crippen molar-refractivity contribution in [2.75, 3.05) is 33.3 Å². The fourth-order valence-corrected chi connectivity index (χ4v) is 3.99. The van der Waals surface area contributed by atoms with Gasteiger partial charge in [0.25, 0.3) is 0 Å². The lowest BCUT2D eigenvalue weighted by molar-refractivity contribution is -0.145. The van der Waals surface area contributed by atoms with E-state index in [0.717, 1.165) is 13.0 Å². The minimum absolute atomic E-state index is 0.110. The second-order valence-corrected chi connectivity index (χ2v) is 6.78. The van der Waals surface area contributed by atoms with Crippen LogP contribution in [-0.2, 0) is 9.53 Å². The SMILES string of the molecule is CCOC(=O)C(CCN1CCC2(CCCCC2)CC1)NC. The van der Waals surface area contributed by atoms with Gasteiger partial charge in [-0.1, -0.05) is 19.3 Å². The molecule has 0 radical (unpaired) electrons. The van der Waals surface area contributed by atoms with Crippen LogP contribution in [0, 0.1) is 5.41 Å². The predicted octanol–water partition coefficient (Wildman–Crippen LogP) is 2.57. The number of carbonyl (C=O) groups excluding carboxylic acids is 1. The summed E-state index contributed by atoms with van der Waals surface area (Å²) in [4.78, 5) is 14.3. The van der Waals surface area contributed by atoms with Gasteiger partial charge in [-0.3, -0.25) is 4.79 Å². The van der Waals surface area contributed by atoms with Crippen LogP contribution >= 0.6 is 0 Å². The van der Waals surface area contributed by atoms with Crippen LogP contribution in [0.5, 0.6) is 0 Å². The molecule has 4 heteroatoms. The fraction of sp³-hybridized carbons (Fsp3) is 0.941. The number of likely N-dealkylation sites (N-methyl/N-ethyl adjacent to an activating group) is 1. The lowest BCUT2D eigenvalue weighted by Gasteiger charge is -2.44. The average Bonchev–Trinajstić information content (AvgIpc) is 2.51. The summed E-state index contributed by atoms with van der Waals surface area (Å²) in [6.45, 7) is 5.74. The highest BCUT2D eigenvalue weighted by atomic mass is 16.5. The minimum Gasteiger partial charge on any atom is -0.465 e. The Kier molecular flexibility index (Phi) is 6.49. The van der Waals surface area contributed by atoms with E-state index in [9.17, 15) is 4.79 Å². The molecule has 0 aromatic carbocycles. The zero-order valence-corrected chi connectivity index (χ0v) is 13.8. The van der Waals surface area contributed by atoms with Gasteiger partial charge in [0.05, 0.1) is 6.61 Å². The monoisotopic (exact) mass is 296 g/mol. The molecule has 1 saturated heterocycles. The Labute approximate surface area is 129 Å². The molecule has 0 bridgehead atoms. The van der Waals surface area contributed by atoms with Crippen LogP contribution in [0.4, 0.5) is 0 Å². The standard InChI is InChI=1S/C17H32N2O2/c1-3-21-16(20)15(18-2)7-12-19-13-10-17(11-14-19)8-5-4-6-9-17/h15,18H,3-14H2,1-2H3. The zero-order valence-electron chi connectivity index (χ0n) is 13.8. The largest absolute Gasteiger partial charge is 0.465 e. The molecule has 4 nitrogen and oxygen atoms in total. The second kappa shape index (κ2) is 8.14. The summed E-state index contributed by atoms with van der Waals surface area (Å²) in [6, 6.07) is -0.157. The van der Waals surface area contributed by atoms with Crippen LogP contribution in [0.2, 0.25) is 0 Å². The first-order valence-electron chi connectivity index (χ1n) is 8.75. The maximum atomic E-state index is 11.8. The summed E-state index contributed by atoms with van der Waals surface area (Å²) in [7, 11) is 1.84. The quantitative estimate of drug-likeness (QED) is 0.765. The van der Waals surface area contributed by atoms with E-state index in [1.54, 1.807) is 0 Å². The number of esters is 1. The van der Waals surface area contributed by atoms with E-state index < -0.39 is 0 Å². The van der Waals surface area contributed by atoms with Crippen molar-refractivity contribution >= 4 is 5.97 Å². The van der Waals surface area contributed by atoms with Crippen LogP contribution in [0.25, 0.3) is 0 Å². The molecule has 1 aliphatic heterocycles. The Morgan fingerprint density at radius 3 is 2.43 bits per heavy atom. The normalized spacial score (nSPS) is 23.9. The van der Waals surface area contributed by atoms with Crippen molar-refractivity contribution in [2.24, 2.45) is 5.41 Å². The molecule has 1 unspecified atom stereocenters. The molecule has 2 aliphatic rings. The first-order valence-corrected chi connectivity index (χ1v) is 8.75. The van der Waals surface area contributed by atoms with Crippen molar-refractivity contribution < 1.29 is 9.53 Å². The van der Waals surface area contributed by atoms with Crippen molar-refractivity contribution in [1.29, 1.82) is 0 Å². The molecule has 1 heterocycles. The molecule has 1 spiro atoms. The molecular weight excluding hydrogens is 264 g/mol. The van der Waals surface area contributed by atoms with Crippen molar-refractivity contribution in [3.05, 3.63) is 0 Å². The molecule has 0 amide bonds. The summed E-state index contributed by atoms with van der Waals surface area (Å²) in [5.74, 6) is -0.110. The van der Waals surface area contributed by atoms with Gasteiger partial charge in [0, 0.05) is 6.54 Å². The maximum Gasteiger partial charge on any atom is 0.323 e. The molecular formula is C17H32N2O2. The van der Waals surface area contributed by atoms with Crippen LogP contribution in [0.1, 0.15) is 58.3 Å². The van der Waals surface area contributed by atoms with Crippen molar-refractivity contribution in [1.82, 2.24) is 10.2 Å². The molecule has 1 atom stereocenters. The van der Waals surface area contributed by atoms with Gasteiger partial charge >= 0.3 is 5.97 Å². The highest BCUT2D eigenvalue weighted by Crippen LogP contribution is 2.44. The highest BCUT2D eigenvalue weighted by molar-refractivity contribution is 5.75. The third-order valence-corrected chi connectivity index (χ3v) is 5.48. The molecule has 21 heavy (non-hydrogen) atoms. The Hall–Kier alpha value is -0.610. The van der Waals surface area contributed by atoms with Gasteiger partial charge in [-0.25, -0.2) is 0 Å². The van der Waals surface area contributed by atoms with Crippen LogP contribution in [-0.4, -0.2) is 50.2 Å². The Morgan fingerprint density at radius 2 is 1.86 bits per heavy atom. The van der Waals surface area contributed by atoms with Crippen molar-refractivity contribution in [3.63, 3.8) is 0 Å². The fourth-order valence-electron chi connectivity index (χ4n) is 3.99. The molecule has 2 rings (SSSR count). The number of hydrogen-bond acceptors (Lipinski definition) is 4. The van der Waals surface area contributed by atoms with Gasteiger partial charge in [0.1, 0.15) is 6.04 Å². The summed E-state index contributed by atoms with van der Waals surface area (Å²) < 4.78 is 5.10. The predicted molar refractivity (Wildman–Crippen MR) is 85.3 cm³/mol. The van der Waals surface area contributed by atoms with Gasteiger partial charge in [-0.15, -0.1) is 0 Å². The van der Waals surface area contributed by atoms with Crippen LogP contribution < -0.4 is 5.32 Å².